The second kappa shape index (κ2) is 4.44. The van der Waals surface area contributed by atoms with E-state index in [1.165, 1.54) is 6.33 Å². The second-order valence-corrected chi connectivity index (χ2v) is 4.39. The van der Waals surface area contributed by atoms with Gasteiger partial charge in [-0.05, 0) is 18.2 Å². The molecule has 0 spiro atoms. The number of benzene rings is 1. The van der Waals surface area contributed by atoms with Crippen molar-refractivity contribution in [3.8, 4) is 0 Å². The van der Waals surface area contributed by atoms with Crippen molar-refractivity contribution in [3.05, 3.63) is 46.8 Å². The molecule has 3 rings (SSSR count). The first kappa shape index (κ1) is 11.3. The summed E-state index contributed by atoms with van der Waals surface area (Å²) in [6, 6.07) is 9.02. The molecular weight excluding hydrogens is 273 g/mol. The standard InChI is InChI=1S/C11H7Cl2N5/c12-7-2-1-3-8(4-7)16-10-5-9(13)17-11-14-6-15-18(10)11/h1-6,16H. The molecule has 18 heavy (non-hydrogen) atoms. The van der Waals surface area contributed by atoms with Crippen LogP contribution in [0.4, 0.5) is 11.5 Å². The van der Waals surface area contributed by atoms with Crippen molar-refractivity contribution in [2.75, 3.05) is 5.32 Å². The van der Waals surface area contributed by atoms with Crippen LogP contribution in [0.15, 0.2) is 36.7 Å². The normalized spacial score (nSPS) is 10.8. The van der Waals surface area contributed by atoms with Crippen molar-refractivity contribution in [2.24, 2.45) is 0 Å². The summed E-state index contributed by atoms with van der Waals surface area (Å²) in [6.45, 7) is 0. The minimum atomic E-state index is 0.347. The molecule has 0 aliphatic rings. The molecule has 1 N–H and O–H groups in total. The Morgan fingerprint density at radius 3 is 2.89 bits per heavy atom. The van der Waals surface area contributed by atoms with E-state index in [2.05, 4.69) is 20.4 Å². The van der Waals surface area contributed by atoms with Crippen LogP contribution < -0.4 is 5.32 Å². The number of fused-ring (bicyclic) bond motifs is 1. The van der Waals surface area contributed by atoms with Gasteiger partial charge in [0, 0.05) is 16.8 Å². The Hall–Kier alpha value is -1.85. The van der Waals surface area contributed by atoms with E-state index in [0.29, 0.717) is 21.8 Å². The first-order valence-electron chi connectivity index (χ1n) is 5.11. The number of nitrogens with one attached hydrogen (secondary N) is 1. The van der Waals surface area contributed by atoms with E-state index in [0.717, 1.165) is 5.69 Å². The van der Waals surface area contributed by atoms with Crippen LogP contribution in [0, 0.1) is 0 Å². The highest BCUT2D eigenvalue weighted by atomic mass is 35.5. The first-order valence-corrected chi connectivity index (χ1v) is 5.87. The minimum Gasteiger partial charge on any atom is -0.340 e. The third kappa shape index (κ3) is 2.10. The summed E-state index contributed by atoms with van der Waals surface area (Å²) < 4.78 is 1.56. The predicted octanol–water partition coefficient (Wildman–Crippen LogP) is 3.17. The van der Waals surface area contributed by atoms with Crippen LogP contribution >= 0.6 is 23.2 Å². The molecule has 90 valence electrons. The first-order chi connectivity index (χ1) is 8.72. The molecule has 0 saturated carbocycles. The van der Waals surface area contributed by atoms with E-state index in [1.54, 1.807) is 22.7 Å². The van der Waals surface area contributed by atoms with Gasteiger partial charge in [-0.25, -0.2) is 0 Å². The maximum Gasteiger partial charge on any atom is 0.255 e. The molecule has 0 fully saturated rings. The maximum absolute atomic E-state index is 5.93. The Labute approximate surface area is 112 Å². The molecule has 5 nitrogen and oxygen atoms in total. The molecule has 7 heteroatoms. The summed E-state index contributed by atoms with van der Waals surface area (Å²) in [5.74, 6) is 1.11. The maximum atomic E-state index is 5.93. The number of anilines is 2. The summed E-state index contributed by atoms with van der Waals surface area (Å²) in [7, 11) is 0. The lowest BCUT2D eigenvalue weighted by atomic mass is 10.3. The molecule has 0 radical (unpaired) electrons. The molecule has 1 aromatic carbocycles. The Balaban J connectivity index is 2.06. The predicted molar refractivity (Wildman–Crippen MR) is 70.5 cm³/mol. The quantitative estimate of drug-likeness (QED) is 0.732. The van der Waals surface area contributed by atoms with Crippen molar-refractivity contribution in [1.82, 2.24) is 19.6 Å². The van der Waals surface area contributed by atoms with Gasteiger partial charge in [0.25, 0.3) is 5.78 Å². The van der Waals surface area contributed by atoms with Crippen LogP contribution in [-0.2, 0) is 0 Å². The van der Waals surface area contributed by atoms with Gasteiger partial charge in [-0.3, -0.25) is 0 Å². The lowest BCUT2D eigenvalue weighted by molar-refractivity contribution is 0.947. The van der Waals surface area contributed by atoms with Gasteiger partial charge < -0.3 is 5.32 Å². The van der Waals surface area contributed by atoms with E-state index >= 15 is 0 Å². The number of hydrogen-bond donors (Lipinski definition) is 1. The zero-order valence-electron chi connectivity index (χ0n) is 9.01. The fourth-order valence-electron chi connectivity index (χ4n) is 1.59. The zero-order chi connectivity index (χ0) is 12.5. The van der Waals surface area contributed by atoms with Crippen LogP contribution in [0.2, 0.25) is 10.2 Å². The van der Waals surface area contributed by atoms with E-state index in [9.17, 15) is 0 Å². The van der Waals surface area contributed by atoms with Gasteiger partial charge >= 0.3 is 0 Å². The van der Waals surface area contributed by atoms with Crippen LogP contribution in [0.3, 0.4) is 0 Å². The Morgan fingerprint density at radius 2 is 2.06 bits per heavy atom. The summed E-state index contributed by atoms with van der Waals surface area (Å²) >= 11 is 11.8. The highest BCUT2D eigenvalue weighted by Gasteiger charge is 2.06. The minimum absolute atomic E-state index is 0.347. The lowest BCUT2D eigenvalue weighted by Crippen LogP contribution is -2.01. The Morgan fingerprint density at radius 1 is 1.17 bits per heavy atom. The SMILES string of the molecule is Clc1cccc(Nc2cc(Cl)nc3ncnn23)c1. The molecule has 0 atom stereocenters. The summed E-state index contributed by atoms with van der Waals surface area (Å²) in [4.78, 5) is 8.03. The molecule has 0 amide bonds. The molecule has 0 aliphatic heterocycles. The Kier molecular flexibility index (Phi) is 2.77. The number of hydrogen-bond acceptors (Lipinski definition) is 4. The molecule has 0 aliphatic carbocycles. The molecule has 2 aromatic heterocycles. The van der Waals surface area contributed by atoms with Crippen LogP contribution in [-0.4, -0.2) is 19.6 Å². The Bertz CT molecular complexity index is 709. The van der Waals surface area contributed by atoms with Gasteiger partial charge in [0.05, 0.1) is 0 Å². The average molecular weight is 280 g/mol. The van der Waals surface area contributed by atoms with E-state index in [1.807, 2.05) is 12.1 Å². The number of rotatable bonds is 2. The van der Waals surface area contributed by atoms with Gasteiger partial charge in [0.1, 0.15) is 17.3 Å². The molecule has 3 aromatic rings. The van der Waals surface area contributed by atoms with Crippen molar-refractivity contribution in [2.45, 2.75) is 0 Å². The highest BCUT2D eigenvalue weighted by Crippen LogP contribution is 2.21. The van der Waals surface area contributed by atoms with Crippen LogP contribution in [0.1, 0.15) is 0 Å². The molecular formula is C11H7Cl2N5. The third-order valence-corrected chi connectivity index (χ3v) is 2.75. The van der Waals surface area contributed by atoms with E-state index in [-0.39, 0.29) is 0 Å². The summed E-state index contributed by atoms with van der Waals surface area (Å²) in [6.07, 6.45) is 1.42. The summed E-state index contributed by atoms with van der Waals surface area (Å²) in [5.41, 5.74) is 0.835. The zero-order valence-corrected chi connectivity index (χ0v) is 10.5. The summed E-state index contributed by atoms with van der Waals surface area (Å²) in [5, 5.41) is 8.23. The monoisotopic (exact) mass is 279 g/mol. The van der Waals surface area contributed by atoms with Crippen molar-refractivity contribution in [3.63, 3.8) is 0 Å². The van der Waals surface area contributed by atoms with Gasteiger partial charge in [0.2, 0.25) is 0 Å². The average Bonchev–Trinajstić information content (AvgIpc) is 2.77. The van der Waals surface area contributed by atoms with Gasteiger partial charge in [-0.1, -0.05) is 29.3 Å². The van der Waals surface area contributed by atoms with Crippen LogP contribution in [0.5, 0.6) is 0 Å². The van der Waals surface area contributed by atoms with Crippen molar-refractivity contribution < 1.29 is 0 Å². The largest absolute Gasteiger partial charge is 0.340 e. The number of nitrogens with zero attached hydrogens (tertiary/aromatic N) is 4. The molecule has 0 saturated heterocycles. The topological polar surface area (TPSA) is 55.1 Å². The van der Waals surface area contributed by atoms with Crippen molar-refractivity contribution >= 4 is 40.5 Å². The van der Waals surface area contributed by atoms with Gasteiger partial charge in [-0.2, -0.15) is 19.6 Å². The number of halogens is 2. The highest BCUT2D eigenvalue weighted by molar-refractivity contribution is 6.31. The fraction of sp³-hybridized carbons (Fsp3) is 0. The fourth-order valence-corrected chi connectivity index (χ4v) is 1.96. The van der Waals surface area contributed by atoms with Crippen molar-refractivity contribution in [1.29, 1.82) is 0 Å². The van der Waals surface area contributed by atoms with Gasteiger partial charge in [-0.15, -0.1) is 0 Å². The smallest absolute Gasteiger partial charge is 0.255 e. The molecule has 0 unspecified atom stereocenters. The van der Waals surface area contributed by atoms with E-state index < -0.39 is 0 Å². The third-order valence-electron chi connectivity index (χ3n) is 2.32. The second-order valence-electron chi connectivity index (χ2n) is 3.57. The number of aromatic nitrogens is 4. The van der Waals surface area contributed by atoms with E-state index in [4.69, 9.17) is 23.2 Å². The molecule has 2 heterocycles. The lowest BCUT2D eigenvalue weighted by Gasteiger charge is -2.08. The molecule has 0 bridgehead atoms. The van der Waals surface area contributed by atoms with Crippen LogP contribution in [0.25, 0.3) is 5.78 Å². The van der Waals surface area contributed by atoms with Gasteiger partial charge in [0.15, 0.2) is 0 Å².